The molecule has 0 aliphatic rings. The highest BCUT2D eigenvalue weighted by atomic mass is 35.5. The van der Waals surface area contributed by atoms with Gasteiger partial charge < -0.3 is 5.32 Å². The van der Waals surface area contributed by atoms with Gasteiger partial charge in [-0.3, -0.25) is 0 Å². The van der Waals surface area contributed by atoms with Crippen LogP contribution in [0.25, 0.3) is 12.2 Å². The Labute approximate surface area is 157 Å². The molecular formula is C20H15Cl2N3. The molecule has 0 aliphatic carbocycles. The Bertz CT molecular complexity index is 778. The van der Waals surface area contributed by atoms with Gasteiger partial charge in [0.25, 0.3) is 0 Å². The van der Waals surface area contributed by atoms with Crippen LogP contribution in [0.5, 0.6) is 0 Å². The molecule has 0 saturated heterocycles. The molecule has 0 amide bonds. The number of hydrogen-bond donors (Lipinski definition) is 1. The number of halogens is 2. The summed E-state index contributed by atoms with van der Waals surface area (Å²) in [6, 6.07) is 18.8. The summed E-state index contributed by atoms with van der Waals surface area (Å²) >= 11 is 11.7. The van der Waals surface area contributed by atoms with E-state index in [4.69, 9.17) is 23.2 Å². The van der Waals surface area contributed by atoms with Gasteiger partial charge in [0.2, 0.25) is 0 Å². The van der Waals surface area contributed by atoms with E-state index in [9.17, 15) is 10.5 Å². The Morgan fingerprint density at radius 3 is 1.44 bits per heavy atom. The molecule has 0 aliphatic heterocycles. The summed E-state index contributed by atoms with van der Waals surface area (Å²) in [7, 11) is 0. The lowest BCUT2D eigenvalue weighted by atomic mass is 10.1. The van der Waals surface area contributed by atoms with Crippen molar-refractivity contribution in [2.24, 2.45) is 0 Å². The first-order valence-corrected chi connectivity index (χ1v) is 8.29. The number of rotatable bonds is 6. The summed E-state index contributed by atoms with van der Waals surface area (Å²) in [5.41, 5.74) is 2.96. The maximum absolute atomic E-state index is 9.25. The van der Waals surface area contributed by atoms with E-state index in [-0.39, 0.29) is 0 Å². The van der Waals surface area contributed by atoms with Crippen molar-refractivity contribution in [1.82, 2.24) is 5.32 Å². The fourth-order valence-electron chi connectivity index (χ4n) is 2.10. The van der Waals surface area contributed by atoms with E-state index in [1.165, 1.54) is 0 Å². The molecule has 2 rings (SSSR count). The normalized spacial score (nSPS) is 11.7. The van der Waals surface area contributed by atoms with E-state index in [1.807, 2.05) is 24.3 Å². The summed E-state index contributed by atoms with van der Waals surface area (Å²) in [5, 5.41) is 22.9. The van der Waals surface area contributed by atoms with Gasteiger partial charge in [-0.25, -0.2) is 0 Å². The van der Waals surface area contributed by atoms with Gasteiger partial charge in [0.15, 0.2) is 0 Å². The van der Waals surface area contributed by atoms with Crippen LogP contribution in [0, 0.1) is 22.7 Å². The van der Waals surface area contributed by atoms with Gasteiger partial charge in [-0.1, -0.05) is 47.5 Å². The summed E-state index contributed by atoms with van der Waals surface area (Å²) in [4.78, 5) is 0. The van der Waals surface area contributed by atoms with Gasteiger partial charge in [0, 0.05) is 34.3 Å². The van der Waals surface area contributed by atoms with Crippen molar-refractivity contribution in [2.45, 2.75) is 0 Å². The average Bonchev–Trinajstić information content (AvgIpc) is 2.63. The first kappa shape index (κ1) is 18.8. The Balaban J connectivity index is 1.97. The molecule has 0 bridgehead atoms. The van der Waals surface area contributed by atoms with Gasteiger partial charge in [0.1, 0.15) is 0 Å². The molecule has 3 nitrogen and oxygen atoms in total. The van der Waals surface area contributed by atoms with E-state index < -0.39 is 0 Å². The highest BCUT2D eigenvalue weighted by Crippen LogP contribution is 2.13. The van der Waals surface area contributed by atoms with Gasteiger partial charge in [-0.2, -0.15) is 10.5 Å². The monoisotopic (exact) mass is 367 g/mol. The van der Waals surface area contributed by atoms with Crippen LogP contribution in [-0.4, -0.2) is 13.1 Å². The zero-order valence-corrected chi connectivity index (χ0v) is 14.8. The molecule has 0 saturated carbocycles. The Kier molecular flexibility index (Phi) is 7.26. The zero-order chi connectivity index (χ0) is 18.1. The van der Waals surface area contributed by atoms with E-state index in [0.29, 0.717) is 34.3 Å². The molecule has 0 radical (unpaired) electrons. The number of hydrogen-bond acceptors (Lipinski definition) is 3. The Hall–Kier alpha value is -2.56. The second kappa shape index (κ2) is 9.67. The average molecular weight is 368 g/mol. The molecule has 0 aromatic heterocycles. The van der Waals surface area contributed by atoms with E-state index in [1.54, 1.807) is 36.4 Å². The molecular weight excluding hydrogens is 353 g/mol. The molecule has 0 unspecified atom stereocenters. The minimum Gasteiger partial charge on any atom is -0.307 e. The molecule has 2 aromatic rings. The molecule has 0 atom stereocenters. The summed E-state index contributed by atoms with van der Waals surface area (Å²) < 4.78 is 0. The van der Waals surface area contributed by atoms with E-state index >= 15 is 0 Å². The van der Waals surface area contributed by atoms with Crippen LogP contribution in [0.3, 0.4) is 0 Å². The molecule has 1 N–H and O–H groups in total. The first-order valence-electron chi connectivity index (χ1n) is 7.54. The molecule has 2 aromatic carbocycles. The summed E-state index contributed by atoms with van der Waals surface area (Å²) in [5.74, 6) is 0. The number of nitriles is 2. The summed E-state index contributed by atoms with van der Waals surface area (Å²) in [6.45, 7) is 0.748. The molecule has 0 spiro atoms. The molecule has 0 fully saturated rings. The summed E-state index contributed by atoms with van der Waals surface area (Å²) in [6.07, 6.45) is 3.58. The second-order valence-corrected chi connectivity index (χ2v) is 6.14. The van der Waals surface area contributed by atoms with Gasteiger partial charge in [-0.15, -0.1) is 0 Å². The minimum atomic E-state index is 0.374. The van der Waals surface area contributed by atoms with Crippen molar-refractivity contribution < 1.29 is 0 Å². The van der Waals surface area contributed by atoms with Gasteiger partial charge >= 0.3 is 0 Å². The van der Waals surface area contributed by atoms with Gasteiger partial charge in [0.05, 0.1) is 12.1 Å². The minimum absolute atomic E-state index is 0.374. The lowest BCUT2D eigenvalue weighted by Crippen LogP contribution is -2.19. The van der Waals surface area contributed by atoms with Crippen LogP contribution in [0.1, 0.15) is 11.1 Å². The van der Waals surface area contributed by atoms with Crippen LogP contribution in [0.2, 0.25) is 10.0 Å². The maximum Gasteiger partial charge on any atom is 0.0961 e. The van der Waals surface area contributed by atoms with Crippen LogP contribution >= 0.6 is 23.2 Å². The predicted octanol–water partition coefficient (Wildman–Crippen LogP) is 5.10. The third kappa shape index (κ3) is 6.45. The molecule has 5 heteroatoms. The first-order chi connectivity index (χ1) is 12.1. The third-order valence-corrected chi connectivity index (χ3v) is 3.84. The van der Waals surface area contributed by atoms with E-state index in [0.717, 1.165) is 11.1 Å². The van der Waals surface area contributed by atoms with Crippen LogP contribution in [-0.2, 0) is 0 Å². The molecule has 25 heavy (non-hydrogen) atoms. The second-order valence-electron chi connectivity index (χ2n) is 5.27. The number of nitrogens with one attached hydrogen (secondary N) is 1. The third-order valence-electron chi connectivity index (χ3n) is 3.34. The largest absolute Gasteiger partial charge is 0.307 e. The Morgan fingerprint density at radius 2 is 1.12 bits per heavy atom. The van der Waals surface area contributed by atoms with Crippen molar-refractivity contribution in [3.8, 4) is 12.1 Å². The van der Waals surface area contributed by atoms with Crippen LogP contribution in [0.15, 0.2) is 59.7 Å². The predicted molar refractivity (Wildman–Crippen MR) is 103 cm³/mol. The lowest BCUT2D eigenvalue weighted by Gasteiger charge is -2.04. The fourth-order valence-corrected chi connectivity index (χ4v) is 2.35. The maximum atomic E-state index is 9.25. The van der Waals surface area contributed by atoms with Crippen LogP contribution in [0.4, 0.5) is 0 Å². The zero-order valence-electron chi connectivity index (χ0n) is 13.3. The van der Waals surface area contributed by atoms with Gasteiger partial charge in [-0.05, 0) is 47.5 Å². The van der Waals surface area contributed by atoms with Crippen molar-refractivity contribution in [2.75, 3.05) is 13.1 Å². The number of nitrogens with zero attached hydrogens (tertiary/aromatic N) is 2. The highest BCUT2D eigenvalue weighted by Gasteiger charge is 2.00. The van der Waals surface area contributed by atoms with Crippen LogP contribution < -0.4 is 5.32 Å². The standard InChI is InChI=1S/C20H15Cl2N3/c21-19-5-1-15(2-6-19)9-17(11-23)13-25-14-18(12-24)10-16-3-7-20(22)8-4-16/h1-10,25H,13-14H2/b17-9-,18-10+. The SMILES string of the molecule is N#C/C(=C\c1ccc(Cl)cc1)CNC/C(C#N)=C\c1ccc(Cl)cc1. The molecule has 0 heterocycles. The molecule has 124 valence electrons. The topological polar surface area (TPSA) is 59.6 Å². The van der Waals surface area contributed by atoms with Crippen molar-refractivity contribution in [1.29, 1.82) is 10.5 Å². The smallest absolute Gasteiger partial charge is 0.0961 e. The number of benzene rings is 2. The quantitative estimate of drug-likeness (QED) is 0.722. The van der Waals surface area contributed by atoms with E-state index in [2.05, 4.69) is 17.5 Å². The van der Waals surface area contributed by atoms with Crippen molar-refractivity contribution in [3.63, 3.8) is 0 Å². The van der Waals surface area contributed by atoms with Crippen molar-refractivity contribution in [3.05, 3.63) is 80.8 Å². The Morgan fingerprint density at radius 1 is 0.760 bits per heavy atom. The highest BCUT2D eigenvalue weighted by molar-refractivity contribution is 6.30. The fraction of sp³-hybridized carbons (Fsp3) is 0.100. The lowest BCUT2D eigenvalue weighted by molar-refractivity contribution is 0.817. The van der Waals surface area contributed by atoms with Crippen molar-refractivity contribution >= 4 is 35.4 Å².